The Morgan fingerprint density at radius 2 is 1.48 bits per heavy atom. The van der Waals surface area contributed by atoms with Gasteiger partial charge in [0.05, 0.1) is 5.69 Å². The summed E-state index contributed by atoms with van der Waals surface area (Å²) >= 11 is 0. The number of carbonyl (C=O) groups excluding carboxylic acids is 2. The van der Waals surface area contributed by atoms with Crippen molar-refractivity contribution < 1.29 is 9.59 Å². The number of piperazine rings is 1. The van der Waals surface area contributed by atoms with Gasteiger partial charge < -0.3 is 14.7 Å². The summed E-state index contributed by atoms with van der Waals surface area (Å²) in [5, 5.41) is 8.77. The van der Waals surface area contributed by atoms with Crippen molar-refractivity contribution in [3.05, 3.63) is 78.4 Å². The summed E-state index contributed by atoms with van der Waals surface area (Å²) in [5.41, 5.74) is 2.47. The second-order valence-electron chi connectivity index (χ2n) is 8.40. The fourth-order valence-corrected chi connectivity index (χ4v) is 3.92. The SMILES string of the molecule is CC(C)N(CC(=O)N1CCN(c2ccc(-c3ccccc3)nn2)CC1)C(=O)c1ccccc1. The van der Waals surface area contributed by atoms with Crippen LogP contribution in [0.5, 0.6) is 0 Å². The van der Waals surface area contributed by atoms with Crippen LogP contribution in [0.3, 0.4) is 0 Å². The van der Waals surface area contributed by atoms with Gasteiger partial charge in [0, 0.05) is 43.3 Å². The number of hydrogen-bond donors (Lipinski definition) is 0. The van der Waals surface area contributed by atoms with Crippen LogP contribution in [-0.4, -0.2) is 70.6 Å². The first-order valence-electron chi connectivity index (χ1n) is 11.3. The molecule has 7 nitrogen and oxygen atoms in total. The molecule has 0 saturated carbocycles. The molecule has 1 aromatic heterocycles. The van der Waals surface area contributed by atoms with Gasteiger partial charge in [0.1, 0.15) is 6.54 Å². The molecule has 1 aliphatic heterocycles. The molecule has 1 saturated heterocycles. The second-order valence-corrected chi connectivity index (χ2v) is 8.40. The van der Waals surface area contributed by atoms with Crippen molar-refractivity contribution in [3.63, 3.8) is 0 Å². The molecule has 2 aromatic carbocycles. The maximum absolute atomic E-state index is 13.0. The maximum atomic E-state index is 13.0. The zero-order valence-corrected chi connectivity index (χ0v) is 19.1. The van der Waals surface area contributed by atoms with E-state index < -0.39 is 0 Å². The molecule has 2 amide bonds. The van der Waals surface area contributed by atoms with Gasteiger partial charge in [0.15, 0.2) is 5.82 Å². The van der Waals surface area contributed by atoms with E-state index in [1.54, 1.807) is 17.0 Å². The predicted molar refractivity (Wildman–Crippen MR) is 129 cm³/mol. The summed E-state index contributed by atoms with van der Waals surface area (Å²) in [4.78, 5) is 31.5. The Morgan fingerprint density at radius 1 is 0.848 bits per heavy atom. The number of anilines is 1. The minimum Gasteiger partial charge on any atom is -0.352 e. The third-order valence-electron chi connectivity index (χ3n) is 5.89. The Bertz CT molecular complexity index is 1060. The van der Waals surface area contributed by atoms with Gasteiger partial charge in [-0.1, -0.05) is 48.5 Å². The number of aromatic nitrogens is 2. The van der Waals surface area contributed by atoms with Gasteiger partial charge in [-0.3, -0.25) is 9.59 Å². The summed E-state index contributed by atoms with van der Waals surface area (Å²) in [6.07, 6.45) is 0. The van der Waals surface area contributed by atoms with Crippen molar-refractivity contribution in [3.8, 4) is 11.3 Å². The summed E-state index contributed by atoms with van der Waals surface area (Å²) in [6.45, 7) is 6.49. The first kappa shape index (κ1) is 22.5. The standard InChI is InChI=1S/C26H29N5O2/c1-20(2)31(26(33)22-11-7-4-8-12-22)19-25(32)30-17-15-29(16-18-30)24-14-13-23(27-28-24)21-9-5-3-6-10-21/h3-14,20H,15-19H2,1-2H3. The van der Waals surface area contributed by atoms with E-state index in [2.05, 4.69) is 15.1 Å². The summed E-state index contributed by atoms with van der Waals surface area (Å²) in [5.74, 6) is 0.661. The van der Waals surface area contributed by atoms with Gasteiger partial charge in [0.25, 0.3) is 5.91 Å². The fraction of sp³-hybridized carbons (Fsp3) is 0.308. The van der Waals surface area contributed by atoms with E-state index in [0.717, 1.165) is 17.1 Å². The third kappa shape index (κ3) is 5.37. The van der Waals surface area contributed by atoms with Crippen molar-refractivity contribution in [1.29, 1.82) is 0 Å². The lowest BCUT2D eigenvalue weighted by atomic mass is 10.1. The molecule has 0 aliphatic carbocycles. The van der Waals surface area contributed by atoms with E-state index in [0.29, 0.717) is 31.7 Å². The molecular formula is C26H29N5O2. The van der Waals surface area contributed by atoms with Gasteiger partial charge >= 0.3 is 0 Å². The van der Waals surface area contributed by atoms with Crippen molar-refractivity contribution in [2.45, 2.75) is 19.9 Å². The van der Waals surface area contributed by atoms with Gasteiger partial charge in [-0.2, -0.15) is 0 Å². The van der Waals surface area contributed by atoms with E-state index in [4.69, 9.17) is 0 Å². The second kappa shape index (κ2) is 10.3. The van der Waals surface area contributed by atoms with Crippen molar-refractivity contribution >= 4 is 17.6 Å². The lowest BCUT2D eigenvalue weighted by Crippen LogP contribution is -2.53. The van der Waals surface area contributed by atoms with Crippen LogP contribution in [-0.2, 0) is 4.79 Å². The topological polar surface area (TPSA) is 69.6 Å². The molecule has 7 heteroatoms. The van der Waals surface area contributed by atoms with Gasteiger partial charge in [-0.25, -0.2) is 0 Å². The maximum Gasteiger partial charge on any atom is 0.254 e. The summed E-state index contributed by atoms with van der Waals surface area (Å²) < 4.78 is 0. The molecule has 1 aliphatic rings. The highest BCUT2D eigenvalue weighted by Gasteiger charge is 2.27. The van der Waals surface area contributed by atoms with Crippen LogP contribution in [0, 0.1) is 0 Å². The van der Waals surface area contributed by atoms with Crippen LogP contribution in [0.4, 0.5) is 5.82 Å². The summed E-state index contributed by atoms with van der Waals surface area (Å²) in [6, 6.07) is 23.0. The number of carbonyl (C=O) groups is 2. The van der Waals surface area contributed by atoms with E-state index in [-0.39, 0.29) is 24.4 Å². The van der Waals surface area contributed by atoms with Crippen LogP contribution in [0.2, 0.25) is 0 Å². The Balaban J connectivity index is 1.34. The quantitative estimate of drug-likeness (QED) is 0.584. The zero-order valence-electron chi connectivity index (χ0n) is 19.1. The largest absolute Gasteiger partial charge is 0.352 e. The number of nitrogens with zero attached hydrogens (tertiary/aromatic N) is 5. The zero-order chi connectivity index (χ0) is 23.2. The highest BCUT2D eigenvalue weighted by Crippen LogP contribution is 2.19. The van der Waals surface area contributed by atoms with Crippen LogP contribution in [0.1, 0.15) is 24.2 Å². The monoisotopic (exact) mass is 443 g/mol. The number of rotatable bonds is 6. The predicted octanol–water partition coefficient (Wildman–Crippen LogP) is 3.34. The Labute approximate surface area is 194 Å². The first-order chi connectivity index (χ1) is 16.0. The molecule has 0 bridgehead atoms. The lowest BCUT2D eigenvalue weighted by Gasteiger charge is -2.36. The van der Waals surface area contributed by atoms with Crippen LogP contribution in [0.25, 0.3) is 11.3 Å². The first-order valence-corrected chi connectivity index (χ1v) is 11.3. The molecule has 170 valence electrons. The minimum absolute atomic E-state index is 0.0295. The van der Waals surface area contributed by atoms with Gasteiger partial charge in [0.2, 0.25) is 5.91 Å². The highest BCUT2D eigenvalue weighted by atomic mass is 16.2. The van der Waals surface area contributed by atoms with Crippen molar-refractivity contribution in [2.24, 2.45) is 0 Å². The molecule has 0 N–H and O–H groups in total. The molecule has 3 aromatic rings. The van der Waals surface area contributed by atoms with Crippen molar-refractivity contribution in [2.75, 3.05) is 37.6 Å². The Kier molecular flexibility index (Phi) is 6.98. The van der Waals surface area contributed by atoms with E-state index in [1.165, 1.54) is 0 Å². The van der Waals surface area contributed by atoms with Gasteiger partial charge in [-0.15, -0.1) is 10.2 Å². The number of hydrogen-bond acceptors (Lipinski definition) is 5. The van der Waals surface area contributed by atoms with E-state index >= 15 is 0 Å². The fourth-order valence-electron chi connectivity index (χ4n) is 3.92. The Morgan fingerprint density at radius 3 is 2.06 bits per heavy atom. The molecule has 33 heavy (non-hydrogen) atoms. The molecular weight excluding hydrogens is 414 g/mol. The Hall–Kier alpha value is -3.74. The average molecular weight is 444 g/mol. The van der Waals surface area contributed by atoms with E-state index in [9.17, 15) is 9.59 Å². The molecule has 0 radical (unpaired) electrons. The van der Waals surface area contributed by atoms with Gasteiger partial charge in [-0.05, 0) is 38.1 Å². The average Bonchev–Trinajstić information content (AvgIpc) is 2.88. The number of amides is 2. The summed E-state index contributed by atoms with van der Waals surface area (Å²) in [7, 11) is 0. The molecule has 0 unspecified atom stereocenters. The van der Waals surface area contributed by atoms with E-state index in [1.807, 2.05) is 79.4 Å². The van der Waals surface area contributed by atoms with Crippen LogP contribution >= 0.6 is 0 Å². The molecule has 2 heterocycles. The lowest BCUT2D eigenvalue weighted by molar-refractivity contribution is -0.132. The highest BCUT2D eigenvalue weighted by molar-refractivity contribution is 5.96. The minimum atomic E-state index is -0.119. The normalized spacial score (nSPS) is 13.8. The van der Waals surface area contributed by atoms with Crippen LogP contribution < -0.4 is 4.90 Å². The molecule has 0 atom stereocenters. The third-order valence-corrected chi connectivity index (χ3v) is 5.89. The molecule has 4 rings (SSSR count). The van der Waals surface area contributed by atoms with Crippen molar-refractivity contribution in [1.82, 2.24) is 20.0 Å². The number of benzene rings is 2. The van der Waals surface area contributed by atoms with Crippen LogP contribution in [0.15, 0.2) is 72.8 Å². The molecule has 0 spiro atoms. The smallest absolute Gasteiger partial charge is 0.254 e. The molecule has 1 fully saturated rings.